The van der Waals surface area contributed by atoms with Crippen molar-refractivity contribution in [1.82, 2.24) is 5.32 Å². The lowest BCUT2D eigenvalue weighted by Gasteiger charge is -2.07. The average Bonchev–Trinajstić information content (AvgIpc) is 2.63. The van der Waals surface area contributed by atoms with Gasteiger partial charge >= 0.3 is 6.36 Å². The minimum Gasteiger partial charge on any atom is -0.310 e. The first-order chi connectivity index (χ1) is 7.51. The normalized spacial score (nSPS) is 12.0. The molecule has 92 valence electrons. The molecule has 0 saturated carbocycles. The van der Waals surface area contributed by atoms with E-state index in [1.807, 2.05) is 12.1 Å². The van der Waals surface area contributed by atoms with Crippen LogP contribution in [0.2, 0.25) is 0 Å². The van der Waals surface area contributed by atoms with Gasteiger partial charge in [-0.1, -0.05) is 6.92 Å². The fraction of sp³-hybridized carbons (Fsp3) is 0.600. The molecular weight excluding hydrogens is 239 g/mol. The van der Waals surface area contributed by atoms with Gasteiger partial charge in [0.1, 0.15) is 0 Å². The summed E-state index contributed by atoms with van der Waals surface area (Å²) in [7, 11) is 0. The molecule has 0 spiro atoms. The molecule has 0 saturated heterocycles. The van der Waals surface area contributed by atoms with Crippen LogP contribution in [0.4, 0.5) is 13.2 Å². The van der Waals surface area contributed by atoms with E-state index >= 15 is 0 Å². The number of hydrogen-bond donors (Lipinski definition) is 1. The standard InChI is InChI=1S/C10H14F3NOS/c1-2-8-3-4-9(16-8)7-14-5-6-15-10(11,12)13/h3-4,14H,2,5-7H2,1H3. The second-order valence-corrected chi connectivity index (χ2v) is 4.45. The Bertz CT molecular complexity index is 311. The number of nitrogens with one attached hydrogen (secondary N) is 1. The minimum absolute atomic E-state index is 0.193. The van der Waals surface area contributed by atoms with E-state index in [0.29, 0.717) is 6.54 Å². The smallest absolute Gasteiger partial charge is 0.310 e. The van der Waals surface area contributed by atoms with Crippen molar-refractivity contribution in [3.63, 3.8) is 0 Å². The molecule has 1 heterocycles. The van der Waals surface area contributed by atoms with Crippen LogP contribution in [0.3, 0.4) is 0 Å². The molecule has 0 fully saturated rings. The maximum atomic E-state index is 11.6. The van der Waals surface area contributed by atoms with Crippen LogP contribution in [0, 0.1) is 0 Å². The first-order valence-corrected chi connectivity index (χ1v) is 5.82. The Morgan fingerprint density at radius 1 is 1.31 bits per heavy atom. The first kappa shape index (κ1) is 13.5. The minimum atomic E-state index is -4.53. The summed E-state index contributed by atoms with van der Waals surface area (Å²) in [6.45, 7) is 2.50. The van der Waals surface area contributed by atoms with Crippen LogP contribution in [-0.2, 0) is 17.7 Å². The van der Waals surface area contributed by atoms with Gasteiger partial charge < -0.3 is 5.32 Å². The zero-order valence-corrected chi connectivity index (χ0v) is 9.75. The third-order valence-corrected chi connectivity index (χ3v) is 3.14. The Balaban J connectivity index is 2.11. The topological polar surface area (TPSA) is 21.3 Å². The first-order valence-electron chi connectivity index (χ1n) is 5.00. The van der Waals surface area contributed by atoms with Gasteiger partial charge in [-0.15, -0.1) is 24.5 Å². The third-order valence-electron chi connectivity index (χ3n) is 1.91. The zero-order valence-electron chi connectivity index (χ0n) is 8.93. The van der Waals surface area contributed by atoms with Crippen molar-refractivity contribution in [1.29, 1.82) is 0 Å². The van der Waals surface area contributed by atoms with Gasteiger partial charge in [0.25, 0.3) is 0 Å². The highest BCUT2D eigenvalue weighted by molar-refractivity contribution is 7.11. The van der Waals surface area contributed by atoms with E-state index < -0.39 is 6.36 Å². The van der Waals surface area contributed by atoms with E-state index in [9.17, 15) is 13.2 Å². The van der Waals surface area contributed by atoms with Gasteiger partial charge in [-0.05, 0) is 18.6 Å². The van der Waals surface area contributed by atoms with Gasteiger partial charge in [-0.2, -0.15) is 0 Å². The summed E-state index contributed by atoms with van der Waals surface area (Å²) in [6, 6.07) is 4.02. The van der Waals surface area contributed by atoms with E-state index in [4.69, 9.17) is 0 Å². The van der Waals surface area contributed by atoms with Crippen LogP contribution in [0.1, 0.15) is 16.7 Å². The summed E-state index contributed by atoms with van der Waals surface area (Å²) in [6.07, 6.45) is -3.54. The van der Waals surface area contributed by atoms with Crippen molar-refractivity contribution in [3.05, 3.63) is 21.9 Å². The second kappa shape index (κ2) is 6.22. The predicted octanol–water partition coefficient (Wildman–Crippen LogP) is 2.94. The monoisotopic (exact) mass is 253 g/mol. The van der Waals surface area contributed by atoms with Crippen molar-refractivity contribution < 1.29 is 17.9 Å². The molecule has 1 aromatic rings. The lowest BCUT2D eigenvalue weighted by atomic mass is 10.3. The van der Waals surface area contributed by atoms with E-state index in [0.717, 1.165) is 11.3 Å². The van der Waals surface area contributed by atoms with Gasteiger partial charge in [0.2, 0.25) is 0 Å². The molecule has 0 unspecified atom stereocenters. The molecule has 16 heavy (non-hydrogen) atoms. The Labute approximate surface area is 96.4 Å². The summed E-state index contributed by atoms with van der Waals surface area (Å²) >= 11 is 1.67. The third kappa shape index (κ3) is 5.48. The van der Waals surface area contributed by atoms with Crippen LogP contribution in [0.25, 0.3) is 0 Å². The van der Waals surface area contributed by atoms with E-state index in [2.05, 4.69) is 17.0 Å². The molecule has 0 aliphatic rings. The predicted molar refractivity (Wildman–Crippen MR) is 57.4 cm³/mol. The molecule has 2 nitrogen and oxygen atoms in total. The summed E-state index contributed by atoms with van der Waals surface area (Å²) < 4.78 is 38.5. The second-order valence-electron chi connectivity index (χ2n) is 3.19. The largest absolute Gasteiger partial charge is 0.522 e. The molecule has 0 bridgehead atoms. The lowest BCUT2D eigenvalue weighted by Crippen LogP contribution is -2.23. The highest BCUT2D eigenvalue weighted by Gasteiger charge is 2.28. The molecule has 0 atom stereocenters. The lowest BCUT2D eigenvalue weighted by molar-refractivity contribution is -0.323. The number of hydrogen-bond acceptors (Lipinski definition) is 3. The molecule has 6 heteroatoms. The van der Waals surface area contributed by atoms with Crippen molar-refractivity contribution in [2.45, 2.75) is 26.3 Å². The van der Waals surface area contributed by atoms with E-state index in [-0.39, 0.29) is 13.2 Å². The van der Waals surface area contributed by atoms with Gasteiger partial charge in [0, 0.05) is 22.8 Å². The zero-order chi connectivity index (χ0) is 12.0. The molecule has 0 aliphatic carbocycles. The fourth-order valence-electron chi connectivity index (χ4n) is 1.16. The van der Waals surface area contributed by atoms with E-state index in [1.54, 1.807) is 11.3 Å². The molecule has 0 radical (unpaired) electrons. The quantitative estimate of drug-likeness (QED) is 0.787. The molecule has 0 aliphatic heterocycles. The Hall–Kier alpha value is -0.590. The molecule has 0 amide bonds. The average molecular weight is 253 g/mol. The van der Waals surface area contributed by atoms with Gasteiger partial charge in [0.05, 0.1) is 6.61 Å². The summed E-state index contributed by atoms with van der Waals surface area (Å²) in [4.78, 5) is 2.41. The number of ether oxygens (including phenoxy) is 1. The number of halogens is 3. The summed E-state index contributed by atoms with van der Waals surface area (Å²) in [5.41, 5.74) is 0. The Kier molecular flexibility index (Phi) is 5.24. The maximum Gasteiger partial charge on any atom is 0.522 e. The van der Waals surface area contributed by atoms with Crippen LogP contribution < -0.4 is 5.32 Å². The number of rotatable bonds is 6. The molecule has 1 rings (SSSR count). The summed E-state index contributed by atoms with van der Waals surface area (Å²) in [5, 5.41) is 2.90. The molecule has 1 aromatic heterocycles. The molecular formula is C10H14F3NOS. The van der Waals surface area contributed by atoms with Crippen molar-refractivity contribution in [2.24, 2.45) is 0 Å². The van der Waals surface area contributed by atoms with Crippen LogP contribution in [-0.4, -0.2) is 19.5 Å². The van der Waals surface area contributed by atoms with Crippen LogP contribution >= 0.6 is 11.3 Å². The van der Waals surface area contributed by atoms with Crippen LogP contribution in [0.15, 0.2) is 12.1 Å². The fourth-order valence-corrected chi connectivity index (χ4v) is 2.09. The number of aryl methyl sites for hydroxylation is 1. The van der Waals surface area contributed by atoms with Gasteiger partial charge in [-0.3, -0.25) is 4.74 Å². The highest BCUT2D eigenvalue weighted by Crippen LogP contribution is 2.17. The van der Waals surface area contributed by atoms with Crippen LogP contribution in [0.5, 0.6) is 0 Å². The maximum absolute atomic E-state index is 11.6. The van der Waals surface area contributed by atoms with E-state index in [1.165, 1.54) is 4.88 Å². The Morgan fingerprint density at radius 2 is 2.00 bits per heavy atom. The Morgan fingerprint density at radius 3 is 2.56 bits per heavy atom. The molecule has 0 aromatic carbocycles. The van der Waals surface area contributed by atoms with Gasteiger partial charge in [-0.25, -0.2) is 0 Å². The van der Waals surface area contributed by atoms with Crippen molar-refractivity contribution in [2.75, 3.05) is 13.2 Å². The van der Waals surface area contributed by atoms with Crippen molar-refractivity contribution >= 4 is 11.3 Å². The van der Waals surface area contributed by atoms with Gasteiger partial charge in [0.15, 0.2) is 0 Å². The number of thiophene rings is 1. The number of alkyl halides is 3. The molecule has 1 N–H and O–H groups in total. The highest BCUT2D eigenvalue weighted by atomic mass is 32.1. The summed E-state index contributed by atoms with van der Waals surface area (Å²) in [5.74, 6) is 0. The van der Waals surface area contributed by atoms with Crippen molar-refractivity contribution in [3.8, 4) is 0 Å². The SMILES string of the molecule is CCc1ccc(CNCCOC(F)(F)F)s1.